The molecule has 506 valence electrons. The van der Waals surface area contributed by atoms with Crippen molar-refractivity contribution in [3.8, 4) is 5.75 Å². The number of guanidine groups is 1. The van der Waals surface area contributed by atoms with Crippen LogP contribution in [-0.4, -0.2) is 196 Å². The van der Waals surface area contributed by atoms with Gasteiger partial charge in [0.05, 0.1) is 30.5 Å². The van der Waals surface area contributed by atoms with Crippen LogP contribution in [0, 0.1) is 5.92 Å². The van der Waals surface area contributed by atoms with Crippen molar-refractivity contribution in [2.24, 2.45) is 33.3 Å². The Morgan fingerprint density at radius 2 is 1.35 bits per heavy atom. The number of aliphatic imine (C=N–C) groups is 1. The Kier molecular flexibility index (Phi) is 29.9. The van der Waals surface area contributed by atoms with Crippen molar-refractivity contribution in [3.05, 3.63) is 94.0 Å². The third kappa shape index (κ3) is 24.1. The minimum absolute atomic E-state index is 0.0151. The summed E-state index contributed by atoms with van der Waals surface area (Å²) in [5, 5.41) is 55.2. The molecule has 31 heteroatoms. The van der Waals surface area contributed by atoms with E-state index < -0.39 is 133 Å². The number of oxime groups is 1. The molecule has 0 bridgehead atoms. The number of nitrogens with one attached hydrogen (secondary N) is 8. The number of rotatable bonds is 35. The number of nitrogens with two attached hydrogens (primary N) is 3. The normalized spacial score (nSPS) is 16.5. The third-order valence-electron chi connectivity index (χ3n) is 15.2. The predicted molar refractivity (Wildman–Crippen MR) is 345 cm³/mol. The number of aliphatic carboxylic acids is 1. The number of anilines is 1. The Morgan fingerprint density at radius 1 is 0.710 bits per heavy atom. The molecule has 5 rings (SSSR count). The van der Waals surface area contributed by atoms with E-state index in [4.69, 9.17) is 22.0 Å². The molecule has 2 aliphatic rings. The molecule has 0 aromatic heterocycles. The minimum Gasteiger partial charge on any atom is -0.507 e. The van der Waals surface area contributed by atoms with Crippen LogP contribution in [0.25, 0.3) is 0 Å². The summed E-state index contributed by atoms with van der Waals surface area (Å²) in [6.07, 6.45) is 0.952. The Balaban J connectivity index is 1.15. The Morgan fingerprint density at radius 3 is 2.01 bits per heavy atom. The highest BCUT2D eigenvalue weighted by molar-refractivity contribution is 9.10. The largest absolute Gasteiger partial charge is 0.507 e. The number of carboxylic acid groups (broad SMARTS) is 1. The first-order valence-corrected chi connectivity index (χ1v) is 31.5. The van der Waals surface area contributed by atoms with E-state index in [0.29, 0.717) is 52.7 Å². The first kappa shape index (κ1) is 74.5. The van der Waals surface area contributed by atoms with Gasteiger partial charge in [-0.1, -0.05) is 77.4 Å². The summed E-state index contributed by atoms with van der Waals surface area (Å²) in [5.41, 5.74) is 18.6. The molecule has 0 unspecified atom stereocenters. The summed E-state index contributed by atoms with van der Waals surface area (Å²) in [6.45, 7) is 5.22. The van der Waals surface area contributed by atoms with E-state index in [2.05, 4.69) is 68.6 Å². The van der Waals surface area contributed by atoms with Gasteiger partial charge in [-0.05, 0) is 132 Å². The number of hydrogen-bond acceptors (Lipinski definition) is 17. The van der Waals surface area contributed by atoms with Crippen LogP contribution in [-0.2, 0) is 59.2 Å². The van der Waals surface area contributed by atoms with Gasteiger partial charge in [0.15, 0.2) is 12.6 Å². The first-order chi connectivity index (χ1) is 44.3. The molecule has 2 heterocycles. The zero-order valence-electron chi connectivity index (χ0n) is 52.5. The van der Waals surface area contributed by atoms with Gasteiger partial charge in [-0.25, -0.2) is 4.79 Å². The molecule has 2 fully saturated rings. The number of aliphatic hydroxyl groups excluding tert-OH is 1. The fraction of sp³-hybridized carbons (Fsp3) is 0.500. The molecule has 30 nitrogen and oxygen atoms in total. The van der Waals surface area contributed by atoms with Crippen molar-refractivity contribution in [1.29, 1.82) is 0 Å². The van der Waals surface area contributed by atoms with E-state index in [1.54, 1.807) is 81.4 Å². The standard InChI is InChI=1S/C62H86BrN15O15/c1-35(2)29-45(74-56(86)46(30-38-13-6-5-7-14-38)71-50(81)32-68-52(83)34-93-76-36(3)39-19-22-41(23-20-39)70-54(84)42-31-40(63)21-24-49(42)80)55(85)69-33-51(82)75-53(37(4)79)58(88)72-43(15-8-9-25-64)59(89)78-28-12-18-48(78)60(90)77-27-11-17-47(77)57(87)73-44(61(91)92)16-10-26-67-62(65)66/h5-7,13-14,19-24,31,35,37,43-48,53,79-80H,8-12,15-18,25-30,32-34,64H2,1-4H3,(H,68,83)(H,69,85)(H,70,84)(H,71,81)(H,72,88)(H,73,87)(H,74,86)(H,75,82)(H,91,92)(H4,65,66,67)/b76-36+/t37-,43+,44-,45+,46+,47+,48-,53+/m1/s1. The van der Waals surface area contributed by atoms with Crippen LogP contribution in [0.1, 0.15) is 113 Å². The monoisotopic (exact) mass is 1360 g/mol. The Hall–Kier alpha value is -9.23. The molecule has 93 heavy (non-hydrogen) atoms. The average Bonchev–Trinajstić information content (AvgIpc) is 1.82. The van der Waals surface area contributed by atoms with Crippen molar-refractivity contribution in [2.45, 2.75) is 147 Å². The topological polar surface area (TPSA) is 463 Å². The van der Waals surface area contributed by atoms with Crippen molar-refractivity contribution >= 4 is 98.3 Å². The number of phenols is 1. The van der Waals surface area contributed by atoms with Crippen LogP contribution in [0.3, 0.4) is 0 Å². The minimum atomic E-state index is -1.66. The highest BCUT2D eigenvalue weighted by Gasteiger charge is 2.44. The number of amides is 10. The zero-order chi connectivity index (χ0) is 68.3. The van der Waals surface area contributed by atoms with Gasteiger partial charge in [0.25, 0.3) is 11.8 Å². The average molecular weight is 1360 g/mol. The molecule has 0 aliphatic carbocycles. The summed E-state index contributed by atoms with van der Waals surface area (Å²) in [4.78, 5) is 160. The van der Waals surface area contributed by atoms with Crippen molar-refractivity contribution in [3.63, 3.8) is 0 Å². The van der Waals surface area contributed by atoms with Gasteiger partial charge in [0.2, 0.25) is 47.3 Å². The molecule has 2 aliphatic heterocycles. The lowest BCUT2D eigenvalue weighted by Crippen LogP contribution is -2.60. The molecule has 2 saturated heterocycles. The van der Waals surface area contributed by atoms with E-state index in [9.17, 15) is 68.1 Å². The third-order valence-corrected chi connectivity index (χ3v) is 15.7. The van der Waals surface area contributed by atoms with Crippen molar-refractivity contribution in [1.82, 2.24) is 47.0 Å². The van der Waals surface area contributed by atoms with Gasteiger partial charge in [0.1, 0.15) is 48.0 Å². The number of carbonyl (C=O) groups is 11. The van der Waals surface area contributed by atoms with Gasteiger partial charge in [-0.15, -0.1) is 0 Å². The maximum Gasteiger partial charge on any atom is 0.326 e. The Labute approximate surface area is 546 Å². The molecular weight excluding hydrogens is 1270 g/mol. The smallest absolute Gasteiger partial charge is 0.326 e. The van der Waals surface area contributed by atoms with Crippen molar-refractivity contribution < 1.29 is 72.9 Å². The van der Waals surface area contributed by atoms with Crippen LogP contribution in [0.15, 0.2) is 87.4 Å². The molecule has 3 aromatic carbocycles. The van der Waals surface area contributed by atoms with Crippen LogP contribution in [0.4, 0.5) is 5.69 Å². The molecular formula is C62H86BrN15O15. The van der Waals surface area contributed by atoms with Gasteiger partial charge in [-0.3, -0.25) is 52.9 Å². The van der Waals surface area contributed by atoms with Gasteiger partial charge in [0, 0.05) is 36.2 Å². The zero-order valence-corrected chi connectivity index (χ0v) is 54.1. The van der Waals surface area contributed by atoms with E-state index in [1.807, 2.05) is 0 Å². The highest BCUT2D eigenvalue weighted by atomic mass is 79.9. The van der Waals surface area contributed by atoms with Crippen molar-refractivity contribution in [2.75, 3.05) is 51.2 Å². The summed E-state index contributed by atoms with van der Waals surface area (Å²) >= 11 is 3.28. The predicted octanol–water partition coefficient (Wildman–Crippen LogP) is -0.277. The summed E-state index contributed by atoms with van der Waals surface area (Å²) in [5.74, 6) is -9.13. The molecule has 10 amide bonds. The summed E-state index contributed by atoms with van der Waals surface area (Å²) < 4.78 is 0.610. The second kappa shape index (κ2) is 37.3. The van der Waals surface area contributed by atoms with E-state index in [0.717, 1.165) is 0 Å². The quantitative estimate of drug-likeness (QED) is 0.0156. The van der Waals surface area contributed by atoms with Gasteiger partial charge in [-0.2, -0.15) is 0 Å². The maximum absolute atomic E-state index is 14.5. The molecule has 0 saturated carbocycles. The summed E-state index contributed by atoms with van der Waals surface area (Å²) in [7, 11) is 0. The number of carbonyl (C=O) groups excluding carboxylic acids is 10. The SMILES string of the molecule is C/C(=N\OCC(=O)NCC(=O)N[C@@H](Cc1ccccc1)C(=O)N[C@@H](CC(C)C)C(=O)NCC(=O)N[C@H](C(=O)N[C@@H](CCCCN)C(=O)N1CCC[C@@H]1C(=O)N1CCC[C@H]1C(=O)N[C@H](CCCN=C(N)N)C(=O)O)[C@@H](C)O)c1ccc(NC(=O)c2cc(Br)ccc2O)cc1. The molecule has 17 N–H and O–H groups in total. The Bertz CT molecular complexity index is 3170. The highest BCUT2D eigenvalue weighted by Crippen LogP contribution is 2.27. The fourth-order valence-electron chi connectivity index (χ4n) is 10.4. The molecule has 8 atom stereocenters. The second-order valence-electron chi connectivity index (χ2n) is 23.0. The van der Waals surface area contributed by atoms with Gasteiger partial charge >= 0.3 is 5.97 Å². The second-order valence-corrected chi connectivity index (χ2v) is 23.9. The number of aromatic hydroxyl groups is 1. The number of benzene rings is 3. The number of phenolic OH excluding ortho intramolecular Hbond substituents is 1. The summed E-state index contributed by atoms with van der Waals surface area (Å²) in [6, 6.07) is 10.9. The number of unbranched alkanes of at least 4 members (excludes halogenated alkanes) is 1. The molecule has 3 aromatic rings. The van der Waals surface area contributed by atoms with Crippen LogP contribution in [0.5, 0.6) is 5.75 Å². The number of nitrogens with zero attached hydrogens (tertiary/aromatic N) is 4. The number of carboxylic acids is 1. The lowest BCUT2D eigenvalue weighted by Gasteiger charge is -2.33. The molecule has 0 spiro atoms. The lowest BCUT2D eigenvalue weighted by atomic mass is 10.0. The van der Waals surface area contributed by atoms with E-state index in [1.165, 1.54) is 28.9 Å². The van der Waals surface area contributed by atoms with Crippen LogP contribution in [0.2, 0.25) is 0 Å². The van der Waals surface area contributed by atoms with Crippen LogP contribution >= 0.6 is 15.9 Å². The number of likely N-dealkylation sites (tertiary alicyclic amines) is 2. The number of halogens is 1. The first-order valence-electron chi connectivity index (χ1n) is 30.7. The van der Waals surface area contributed by atoms with E-state index >= 15 is 0 Å². The number of aliphatic hydroxyl groups is 1. The van der Waals surface area contributed by atoms with E-state index in [-0.39, 0.29) is 94.3 Å². The maximum atomic E-state index is 14.5. The van der Waals surface area contributed by atoms with Crippen LogP contribution < -0.4 is 59.7 Å². The number of hydrogen-bond donors (Lipinski definition) is 14. The lowest BCUT2D eigenvalue weighted by molar-refractivity contribution is -0.149. The molecule has 0 radical (unpaired) electrons. The fourth-order valence-corrected chi connectivity index (χ4v) is 10.7. The van der Waals surface area contributed by atoms with Gasteiger partial charge < -0.3 is 89.7 Å².